The third-order valence-corrected chi connectivity index (χ3v) is 2.92. The van der Waals surface area contributed by atoms with Gasteiger partial charge in [-0.3, -0.25) is 9.36 Å². The van der Waals surface area contributed by atoms with Crippen molar-refractivity contribution < 1.29 is 9.32 Å². The first-order chi connectivity index (χ1) is 10.5. The first kappa shape index (κ1) is 15.9. The highest BCUT2D eigenvalue weighted by Crippen LogP contribution is 2.11. The summed E-state index contributed by atoms with van der Waals surface area (Å²) in [6.07, 6.45) is 3.61. The van der Waals surface area contributed by atoms with Gasteiger partial charge in [0.25, 0.3) is 0 Å². The van der Waals surface area contributed by atoms with Crippen LogP contribution in [0.25, 0.3) is 0 Å². The molecule has 0 aromatic carbocycles. The number of hydrogen-bond acceptors (Lipinski definition) is 6. The molecule has 0 aliphatic heterocycles. The first-order valence-electron chi connectivity index (χ1n) is 7.09. The van der Waals surface area contributed by atoms with E-state index in [1.807, 2.05) is 0 Å². The summed E-state index contributed by atoms with van der Waals surface area (Å²) in [5.74, 6) is 1.07. The van der Waals surface area contributed by atoms with Crippen LogP contribution in [0.4, 0.5) is 0 Å². The van der Waals surface area contributed by atoms with Crippen LogP contribution in [0, 0.1) is 5.92 Å². The summed E-state index contributed by atoms with van der Waals surface area (Å²) in [4.78, 5) is 31.2. The molecule has 118 valence electrons. The number of hydrogen-bond donors (Lipinski definition) is 1. The molecule has 0 bridgehead atoms. The molecule has 0 saturated carbocycles. The maximum Gasteiger partial charge on any atom is 0.347 e. The molecule has 2 rings (SSSR count). The van der Waals surface area contributed by atoms with Crippen molar-refractivity contribution in [3.8, 4) is 0 Å². The summed E-state index contributed by atoms with van der Waals surface area (Å²) in [5, 5.41) is 6.60. The summed E-state index contributed by atoms with van der Waals surface area (Å²) >= 11 is 0. The standard InChI is InChI=1S/C14H19N5O3/c1-9(2)7-11-17-13(22-18-11)10(3)16-12(20)8-19-6-4-5-15-14(19)21/h4-6,9-10H,7-8H2,1-3H3,(H,16,20). The summed E-state index contributed by atoms with van der Waals surface area (Å²) in [6.45, 7) is 5.76. The second kappa shape index (κ2) is 6.97. The average molecular weight is 305 g/mol. The molecule has 22 heavy (non-hydrogen) atoms. The van der Waals surface area contributed by atoms with Gasteiger partial charge < -0.3 is 9.84 Å². The van der Waals surface area contributed by atoms with Gasteiger partial charge in [0.2, 0.25) is 11.8 Å². The Hall–Kier alpha value is -2.51. The lowest BCUT2D eigenvalue weighted by molar-refractivity contribution is -0.122. The van der Waals surface area contributed by atoms with Crippen LogP contribution < -0.4 is 11.0 Å². The number of nitrogens with one attached hydrogen (secondary N) is 1. The highest BCUT2D eigenvalue weighted by molar-refractivity contribution is 5.76. The lowest BCUT2D eigenvalue weighted by Crippen LogP contribution is -2.34. The number of nitrogens with zero attached hydrogens (tertiary/aromatic N) is 4. The van der Waals surface area contributed by atoms with E-state index in [4.69, 9.17) is 4.52 Å². The smallest absolute Gasteiger partial charge is 0.343 e. The SMILES string of the molecule is CC(C)Cc1noc(C(C)NC(=O)Cn2cccnc2=O)n1. The molecule has 1 N–H and O–H groups in total. The molecule has 0 radical (unpaired) electrons. The molecular formula is C14H19N5O3. The van der Waals surface area contributed by atoms with E-state index in [-0.39, 0.29) is 12.5 Å². The summed E-state index contributed by atoms with van der Waals surface area (Å²) < 4.78 is 6.37. The van der Waals surface area contributed by atoms with Crippen molar-refractivity contribution >= 4 is 5.91 Å². The van der Waals surface area contributed by atoms with E-state index in [0.717, 1.165) is 6.42 Å². The number of aromatic nitrogens is 4. The van der Waals surface area contributed by atoms with Gasteiger partial charge in [0, 0.05) is 18.8 Å². The van der Waals surface area contributed by atoms with Crippen LogP contribution in [0.3, 0.4) is 0 Å². The Balaban J connectivity index is 1.95. The Morgan fingerprint density at radius 1 is 1.41 bits per heavy atom. The van der Waals surface area contributed by atoms with E-state index < -0.39 is 11.7 Å². The van der Waals surface area contributed by atoms with Crippen LogP contribution in [0.5, 0.6) is 0 Å². The van der Waals surface area contributed by atoms with Crippen LogP contribution in [0.15, 0.2) is 27.8 Å². The molecule has 2 aromatic rings. The van der Waals surface area contributed by atoms with Gasteiger partial charge in [0.05, 0.1) is 0 Å². The summed E-state index contributed by atoms with van der Waals surface area (Å²) in [6, 6.07) is 1.17. The fourth-order valence-corrected chi connectivity index (χ4v) is 1.90. The maximum absolute atomic E-state index is 11.9. The Labute approximate surface area is 127 Å². The van der Waals surface area contributed by atoms with Crippen LogP contribution in [-0.4, -0.2) is 25.6 Å². The zero-order valence-electron chi connectivity index (χ0n) is 12.8. The van der Waals surface area contributed by atoms with Gasteiger partial charge in [0.1, 0.15) is 12.6 Å². The van der Waals surface area contributed by atoms with Gasteiger partial charge in [-0.15, -0.1) is 0 Å². The van der Waals surface area contributed by atoms with Crippen LogP contribution in [-0.2, 0) is 17.8 Å². The fourth-order valence-electron chi connectivity index (χ4n) is 1.90. The number of carbonyl (C=O) groups excluding carboxylic acids is 1. The van der Waals surface area contributed by atoms with Gasteiger partial charge in [-0.2, -0.15) is 4.98 Å². The Morgan fingerprint density at radius 2 is 2.18 bits per heavy atom. The van der Waals surface area contributed by atoms with Crippen molar-refractivity contribution in [2.75, 3.05) is 0 Å². The molecule has 2 aromatic heterocycles. The van der Waals surface area contributed by atoms with Crippen LogP contribution >= 0.6 is 0 Å². The monoisotopic (exact) mass is 305 g/mol. The zero-order chi connectivity index (χ0) is 16.1. The first-order valence-corrected chi connectivity index (χ1v) is 7.09. The van der Waals surface area contributed by atoms with Gasteiger partial charge in [-0.05, 0) is 18.9 Å². The molecular weight excluding hydrogens is 286 g/mol. The second-order valence-electron chi connectivity index (χ2n) is 5.47. The van der Waals surface area contributed by atoms with E-state index in [0.29, 0.717) is 17.6 Å². The Morgan fingerprint density at radius 3 is 2.86 bits per heavy atom. The van der Waals surface area contributed by atoms with E-state index in [1.165, 1.54) is 17.0 Å². The van der Waals surface area contributed by atoms with Gasteiger partial charge in [-0.1, -0.05) is 19.0 Å². The van der Waals surface area contributed by atoms with Crippen molar-refractivity contribution in [3.05, 3.63) is 40.7 Å². The van der Waals surface area contributed by atoms with Crippen molar-refractivity contribution in [1.29, 1.82) is 0 Å². The van der Waals surface area contributed by atoms with Crippen molar-refractivity contribution in [3.63, 3.8) is 0 Å². The molecule has 0 spiro atoms. The summed E-state index contributed by atoms with van der Waals surface area (Å²) in [5.41, 5.74) is -0.470. The molecule has 0 aliphatic rings. The fraction of sp³-hybridized carbons (Fsp3) is 0.500. The van der Waals surface area contributed by atoms with Gasteiger partial charge >= 0.3 is 5.69 Å². The molecule has 0 aliphatic carbocycles. The predicted molar refractivity (Wildman–Crippen MR) is 77.9 cm³/mol. The molecule has 8 heteroatoms. The van der Waals surface area contributed by atoms with Crippen molar-refractivity contribution in [2.45, 2.75) is 39.8 Å². The minimum Gasteiger partial charge on any atom is -0.343 e. The Bertz CT molecular complexity index is 692. The van der Waals surface area contributed by atoms with E-state index in [1.54, 1.807) is 13.0 Å². The predicted octanol–water partition coefficient (Wildman–Crippen LogP) is 0.702. The molecule has 1 unspecified atom stereocenters. The molecule has 1 atom stereocenters. The Kier molecular flexibility index (Phi) is 5.03. The van der Waals surface area contributed by atoms with Gasteiger partial charge in [-0.25, -0.2) is 9.78 Å². The molecule has 0 fully saturated rings. The highest BCUT2D eigenvalue weighted by Gasteiger charge is 2.17. The molecule has 2 heterocycles. The normalized spacial score (nSPS) is 12.4. The lowest BCUT2D eigenvalue weighted by Gasteiger charge is -2.10. The van der Waals surface area contributed by atoms with E-state index >= 15 is 0 Å². The third kappa shape index (κ3) is 4.24. The van der Waals surface area contributed by atoms with Crippen molar-refractivity contribution in [1.82, 2.24) is 25.0 Å². The minimum atomic E-state index is -0.470. The average Bonchev–Trinajstić information content (AvgIpc) is 2.89. The molecule has 1 amide bonds. The molecule has 8 nitrogen and oxygen atoms in total. The second-order valence-corrected chi connectivity index (χ2v) is 5.47. The zero-order valence-corrected chi connectivity index (χ0v) is 12.8. The largest absolute Gasteiger partial charge is 0.347 e. The molecule has 0 saturated heterocycles. The third-order valence-electron chi connectivity index (χ3n) is 2.92. The van der Waals surface area contributed by atoms with Crippen molar-refractivity contribution in [2.24, 2.45) is 5.92 Å². The minimum absolute atomic E-state index is 0.107. The number of rotatable bonds is 6. The maximum atomic E-state index is 11.9. The summed E-state index contributed by atoms with van der Waals surface area (Å²) in [7, 11) is 0. The lowest BCUT2D eigenvalue weighted by atomic mass is 10.1. The van der Waals surface area contributed by atoms with Crippen LogP contribution in [0.2, 0.25) is 0 Å². The number of carbonyl (C=O) groups is 1. The van der Waals surface area contributed by atoms with E-state index in [9.17, 15) is 9.59 Å². The van der Waals surface area contributed by atoms with E-state index in [2.05, 4.69) is 34.3 Å². The van der Waals surface area contributed by atoms with Gasteiger partial charge in [0.15, 0.2) is 5.82 Å². The van der Waals surface area contributed by atoms with Crippen LogP contribution in [0.1, 0.15) is 38.5 Å². The topological polar surface area (TPSA) is 103 Å². The highest BCUT2D eigenvalue weighted by atomic mass is 16.5. The number of amides is 1. The quantitative estimate of drug-likeness (QED) is 0.842.